The first-order valence-electron chi connectivity index (χ1n) is 3.48. The third-order valence-electron chi connectivity index (χ3n) is 1.86. The van der Waals surface area contributed by atoms with Gasteiger partial charge in [-0.3, -0.25) is 4.79 Å². The number of carboxylic acids is 1. The molecule has 0 aromatic rings. The van der Waals surface area contributed by atoms with Gasteiger partial charge < -0.3 is 9.67 Å². The van der Waals surface area contributed by atoms with Crippen molar-refractivity contribution in [2.75, 3.05) is 13.3 Å². The van der Waals surface area contributed by atoms with Crippen LogP contribution in [0.3, 0.4) is 0 Å². The van der Waals surface area contributed by atoms with E-state index in [1.807, 2.05) is 0 Å². The Morgan fingerprint density at radius 2 is 1.92 bits per heavy atom. The highest BCUT2D eigenvalue weighted by Crippen LogP contribution is 2.51. The first-order valence-corrected chi connectivity index (χ1v) is 6.08. The summed E-state index contributed by atoms with van der Waals surface area (Å²) in [6.45, 7) is 5.81. The van der Waals surface area contributed by atoms with E-state index in [9.17, 15) is 9.36 Å². The summed E-state index contributed by atoms with van der Waals surface area (Å²) in [5.41, 5.74) is 0. The molecular weight excluding hydrogens is 175 g/mol. The van der Waals surface area contributed by atoms with Crippen molar-refractivity contribution in [1.29, 1.82) is 0 Å². The molecule has 0 radical (unpaired) electrons. The molecule has 0 rings (SSSR count). The molecule has 0 aliphatic carbocycles. The number of carboxylic acid groups (broad SMARTS) is 1. The zero-order chi connectivity index (χ0) is 9.99. The minimum Gasteiger partial charge on any atom is -0.480 e. The van der Waals surface area contributed by atoms with Crippen LogP contribution in [0.4, 0.5) is 0 Å². The summed E-state index contributed by atoms with van der Waals surface area (Å²) in [5, 5.41) is 7.42. The van der Waals surface area contributed by atoms with Crippen molar-refractivity contribution in [1.82, 2.24) is 0 Å². The number of hydrogen-bond donors (Lipinski definition) is 1. The maximum Gasteiger partial charge on any atom is 0.329 e. The van der Waals surface area contributed by atoms with E-state index in [0.29, 0.717) is 0 Å². The van der Waals surface area contributed by atoms with E-state index in [4.69, 9.17) is 5.11 Å². The average Bonchev–Trinajstić information content (AvgIpc) is 1.85. The van der Waals surface area contributed by atoms with Crippen LogP contribution in [0.2, 0.25) is 0 Å². The number of rotatable bonds is 2. The van der Waals surface area contributed by atoms with Gasteiger partial charge >= 0.3 is 5.97 Å². The Balaban J connectivity index is 5.27. The lowest BCUT2D eigenvalue weighted by molar-refractivity contribution is -0.138. The summed E-state index contributed by atoms with van der Waals surface area (Å²) in [5.74, 6) is 3.86. The van der Waals surface area contributed by atoms with Gasteiger partial charge in [-0.15, -0.1) is 5.92 Å². The topological polar surface area (TPSA) is 54.4 Å². The van der Waals surface area contributed by atoms with E-state index in [-0.39, 0.29) is 0 Å². The van der Waals surface area contributed by atoms with E-state index >= 15 is 0 Å². The van der Waals surface area contributed by atoms with Gasteiger partial charge in [0.25, 0.3) is 0 Å². The molecule has 1 atom stereocenters. The second-order valence-electron chi connectivity index (χ2n) is 3.10. The van der Waals surface area contributed by atoms with Crippen molar-refractivity contribution in [3.63, 3.8) is 0 Å². The summed E-state index contributed by atoms with van der Waals surface area (Å²) < 4.78 is 11.6. The van der Waals surface area contributed by atoms with Gasteiger partial charge in [0.1, 0.15) is 7.14 Å². The third kappa shape index (κ3) is 1.89. The lowest BCUT2D eigenvalue weighted by atomic mass is 10.2. The van der Waals surface area contributed by atoms with Crippen molar-refractivity contribution in [2.24, 2.45) is 0 Å². The minimum atomic E-state index is -2.73. The molecule has 0 saturated carbocycles. The molecule has 0 aliphatic rings. The summed E-state index contributed by atoms with van der Waals surface area (Å²) in [6.07, 6.45) is 0. The molecule has 0 heterocycles. The minimum absolute atomic E-state index is 1.12. The first-order chi connectivity index (χ1) is 5.25. The molecule has 0 fully saturated rings. The van der Waals surface area contributed by atoms with Crippen LogP contribution in [0.5, 0.6) is 0 Å². The van der Waals surface area contributed by atoms with E-state index in [1.54, 1.807) is 0 Å². The van der Waals surface area contributed by atoms with Gasteiger partial charge in [0, 0.05) is 0 Å². The highest BCUT2D eigenvalue weighted by molar-refractivity contribution is 7.65. The van der Waals surface area contributed by atoms with Gasteiger partial charge in [0.2, 0.25) is 0 Å². The Kier molecular flexibility index (Phi) is 3.12. The van der Waals surface area contributed by atoms with Gasteiger partial charge in [-0.05, 0) is 27.2 Å². The van der Waals surface area contributed by atoms with Crippen molar-refractivity contribution in [3.05, 3.63) is 0 Å². The molecule has 0 bridgehead atoms. The van der Waals surface area contributed by atoms with E-state index in [2.05, 4.69) is 11.8 Å². The lowest BCUT2D eigenvalue weighted by Gasteiger charge is -2.22. The van der Waals surface area contributed by atoms with E-state index in [0.717, 1.165) is 0 Å². The number of hydrogen-bond acceptors (Lipinski definition) is 2. The molecule has 0 spiro atoms. The van der Waals surface area contributed by atoms with Crippen LogP contribution in [0.15, 0.2) is 0 Å². The Hall–Kier alpha value is -0.740. The lowest BCUT2D eigenvalue weighted by Crippen LogP contribution is -2.32. The zero-order valence-electron chi connectivity index (χ0n) is 7.71. The molecule has 1 N–H and O–H groups in total. The van der Waals surface area contributed by atoms with Crippen LogP contribution in [0, 0.1) is 11.8 Å². The Labute approximate surface area is 72.5 Å². The summed E-state index contributed by atoms with van der Waals surface area (Å²) in [4.78, 5) is 10.8. The molecule has 0 aromatic heterocycles. The summed E-state index contributed by atoms with van der Waals surface area (Å²) >= 11 is 0. The molecule has 0 saturated heterocycles. The predicted octanol–water partition coefficient (Wildman–Crippen LogP) is 1.48. The second kappa shape index (κ2) is 3.33. The fraction of sp³-hybridized carbons (Fsp3) is 0.625. The number of carbonyl (C=O) groups is 1. The molecule has 0 aliphatic heterocycles. The van der Waals surface area contributed by atoms with Crippen LogP contribution in [0.1, 0.15) is 13.8 Å². The average molecular weight is 188 g/mol. The first kappa shape index (κ1) is 11.3. The van der Waals surface area contributed by atoms with Gasteiger partial charge in [-0.2, -0.15) is 0 Å². The Morgan fingerprint density at radius 1 is 1.50 bits per heavy atom. The fourth-order valence-corrected chi connectivity index (χ4v) is 1.50. The zero-order valence-corrected chi connectivity index (χ0v) is 8.61. The molecule has 4 heteroatoms. The SMILES string of the molecule is CC#CC(C)(C(=O)O)P(C)(C)=O. The third-order valence-corrected chi connectivity index (χ3v) is 4.32. The predicted molar refractivity (Wildman–Crippen MR) is 48.9 cm³/mol. The normalized spacial score (nSPS) is 15.7. The van der Waals surface area contributed by atoms with Crippen LogP contribution in [0.25, 0.3) is 0 Å². The molecule has 68 valence electrons. The maximum absolute atomic E-state index is 11.6. The molecule has 3 nitrogen and oxygen atoms in total. The van der Waals surface area contributed by atoms with Crippen molar-refractivity contribution in [2.45, 2.75) is 19.0 Å². The summed E-state index contributed by atoms with van der Waals surface area (Å²) in [7, 11) is -2.73. The van der Waals surface area contributed by atoms with Crippen LogP contribution < -0.4 is 0 Å². The summed E-state index contributed by atoms with van der Waals surface area (Å²) in [6, 6.07) is 0. The standard InChI is InChI=1S/C8H13O3P/c1-5-6-8(2,7(9)10)12(3,4)11/h1-4H3,(H,9,10). The van der Waals surface area contributed by atoms with Crippen LogP contribution >= 0.6 is 7.14 Å². The van der Waals surface area contributed by atoms with Crippen LogP contribution in [-0.2, 0) is 9.36 Å². The van der Waals surface area contributed by atoms with E-state index < -0.39 is 18.3 Å². The monoisotopic (exact) mass is 188 g/mol. The second-order valence-corrected chi connectivity index (χ2v) is 6.70. The molecule has 0 amide bonds. The maximum atomic E-state index is 11.6. The molecule has 1 unspecified atom stereocenters. The fourth-order valence-electron chi connectivity index (χ4n) is 0.662. The van der Waals surface area contributed by atoms with Crippen molar-refractivity contribution < 1.29 is 14.5 Å². The highest BCUT2D eigenvalue weighted by Gasteiger charge is 2.42. The largest absolute Gasteiger partial charge is 0.480 e. The van der Waals surface area contributed by atoms with Gasteiger partial charge in [-0.1, -0.05) is 5.92 Å². The van der Waals surface area contributed by atoms with Crippen LogP contribution in [-0.4, -0.2) is 29.6 Å². The van der Waals surface area contributed by atoms with E-state index in [1.165, 1.54) is 27.2 Å². The van der Waals surface area contributed by atoms with Crippen molar-refractivity contribution >= 4 is 13.1 Å². The quantitative estimate of drug-likeness (QED) is 0.527. The molecule has 0 aromatic carbocycles. The molecule has 12 heavy (non-hydrogen) atoms. The smallest absolute Gasteiger partial charge is 0.329 e. The highest BCUT2D eigenvalue weighted by atomic mass is 31.2. The van der Waals surface area contributed by atoms with Gasteiger partial charge in [0.15, 0.2) is 5.16 Å². The van der Waals surface area contributed by atoms with Gasteiger partial charge in [-0.25, -0.2) is 0 Å². The Bertz CT molecular complexity index is 291. The molecular formula is C8H13O3P. The number of aliphatic carboxylic acids is 1. The van der Waals surface area contributed by atoms with Gasteiger partial charge in [0.05, 0.1) is 0 Å². The van der Waals surface area contributed by atoms with Crippen molar-refractivity contribution in [3.8, 4) is 11.8 Å². The Morgan fingerprint density at radius 3 is 2.00 bits per heavy atom.